The van der Waals surface area contributed by atoms with Crippen LogP contribution in [-0.4, -0.2) is 35.6 Å². The van der Waals surface area contributed by atoms with Crippen molar-refractivity contribution in [3.8, 4) is 40.8 Å². The van der Waals surface area contributed by atoms with E-state index >= 15 is 0 Å². The molecule has 3 rings (SSSR count). The van der Waals surface area contributed by atoms with Crippen molar-refractivity contribution in [2.24, 2.45) is 7.05 Å². The molecule has 2 aromatic heterocycles. The Bertz CT molecular complexity index is 1320. The number of amides is 1. The van der Waals surface area contributed by atoms with Crippen molar-refractivity contribution in [2.75, 3.05) is 25.3 Å². The molecular formula is C21H19N7O5S. The first kappa shape index (κ1) is 24.2. The molecule has 3 aromatic rings. The number of aromatic nitrogens is 3. The summed E-state index contributed by atoms with van der Waals surface area (Å²) in [5, 5.41) is 37.2. The Hall–Kier alpha value is -4.49. The minimum atomic E-state index is -0.854. The van der Waals surface area contributed by atoms with Gasteiger partial charge in [-0.15, -0.1) is 0 Å². The van der Waals surface area contributed by atoms with Gasteiger partial charge in [-0.05, 0) is 19.1 Å². The minimum Gasteiger partial charge on any atom is -0.539 e. The number of hydrogen-bond donors (Lipinski definition) is 2. The number of thioether (sulfide) groups is 1. The highest BCUT2D eigenvalue weighted by molar-refractivity contribution is 8.00. The summed E-state index contributed by atoms with van der Waals surface area (Å²) in [6.45, 7) is 1.60. The molecule has 2 heterocycles. The van der Waals surface area contributed by atoms with Gasteiger partial charge in [0.05, 0.1) is 41.6 Å². The quantitative estimate of drug-likeness (QED) is 0.363. The number of benzene rings is 1. The zero-order valence-corrected chi connectivity index (χ0v) is 19.4. The van der Waals surface area contributed by atoms with Crippen LogP contribution in [0.4, 0.5) is 11.5 Å². The first-order chi connectivity index (χ1) is 16.2. The van der Waals surface area contributed by atoms with Crippen LogP contribution in [0, 0.1) is 22.7 Å². The number of carbonyl (C=O) groups excluding carboxylic acids is 1. The van der Waals surface area contributed by atoms with Gasteiger partial charge in [-0.25, -0.2) is 4.98 Å². The number of nitrogens with two attached hydrogens (primary N) is 1. The summed E-state index contributed by atoms with van der Waals surface area (Å²) < 4.78 is 16.2. The van der Waals surface area contributed by atoms with E-state index in [1.165, 1.54) is 21.3 Å². The Morgan fingerprint density at radius 3 is 2.56 bits per heavy atom. The number of nitrogens with zero attached hydrogens (tertiary/aromatic N) is 5. The fourth-order valence-corrected chi connectivity index (χ4v) is 3.98. The smallest absolute Gasteiger partial charge is 0.266 e. The molecule has 0 fully saturated rings. The molecule has 3 N–H and O–H groups in total. The van der Waals surface area contributed by atoms with E-state index in [2.05, 4.69) is 20.1 Å². The highest BCUT2D eigenvalue weighted by atomic mass is 32.2. The van der Waals surface area contributed by atoms with E-state index in [4.69, 9.17) is 15.2 Å². The maximum Gasteiger partial charge on any atom is 0.266 e. The van der Waals surface area contributed by atoms with Gasteiger partial charge in [-0.3, -0.25) is 4.79 Å². The maximum atomic E-state index is 12.9. The van der Waals surface area contributed by atoms with Gasteiger partial charge in [0.25, 0.3) is 5.69 Å². The molecular weight excluding hydrogens is 462 g/mol. The molecule has 1 amide bonds. The van der Waals surface area contributed by atoms with Crippen molar-refractivity contribution in [3.05, 3.63) is 29.3 Å². The number of nitrogens with one attached hydrogen (secondary N) is 1. The van der Waals surface area contributed by atoms with Crippen LogP contribution in [0.2, 0.25) is 0 Å². The first-order valence-corrected chi connectivity index (χ1v) is 10.5. The fourth-order valence-electron chi connectivity index (χ4n) is 3.07. The Morgan fingerprint density at radius 1 is 1.29 bits per heavy atom. The Morgan fingerprint density at radius 2 is 2.00 bits per heavy atom. The predicted molar refractivity (Wildman–Crippen MR) is 118 cm³/mol. The molecule has 0 saturated heterocycles. The molecule has 1 aromatic carbocycles. The topological polar surface area (TPSA) is 187 Å². The summed E-state index contributed by atoms with van der Waals surface area (Å²) in [4.78, 5) is 17.1. The van der Waals surface area contributed by atoms with Crippen LogP contribution in [0.5, 0.6) is 17.4 Å². The van der Waals surface area contributed by atoms with E-state index in [1.807, 2.05) is 12.1 Å². The molecule has 1 atom stereocenters. The first-order valence-electron chi connectivity index (χ1n) is 9.62. The van der Waals surface area contributed by atoms with Gasteiger partial charge in [-0.1, -0.05) is 16.4 Å². The van der Waals surface area contributed by atoms with Crippen LogP contribution in [-0.2, 0) is 11.8 Å². The van der Waals surface area contributed by atoms with E-state index in [0.717, 1.165) is 16.4 Å². The predicted octanol–water partition coefficient (Wildman–Crippen LogP) is 1.10. The van der Waals surface area contributed by atoms with Crippen LogP contribution in [0.15, 0.2) is 27.7 Å². The number of carbonyl (C=O) groups is 1. The zero-order chi connectivity index (χ0) is 25.0. The Kier molecular flexibility index (Phi) is 7.09. The second-order valence-corrected chi connectivity index (χ2v) is 8.13. The molecule has 174 valence electrons. The zero-order valence-electron chi connectivity index (χ0n) is 18.6. The molecule has 0 aliphatic carbocycles. The molecule has 0 saturated carbocycles. The third-order valence-electron chi connectivity index (χ3n) is 4.74. The normalized spacial score (nSPS) is 11.2. The number of ether oxygens (including phenoxy) is 2. The van der Waals surface area contributed by atoms with Gasteiger partial charge in [-0.2, -0.15) is 10.5 Å². The lowest BCUT2D eigenvalue weighted by atomic mass is 10.0. The van der Waals surface area contributed by atoms with Crippen LogP contribution in [0.1, 0.15) is 18.1 Å². The van der Waals surface area contributed by atoms with Crippen LogP contribution in [0.3, 0.4) is 0 Å². The molecule has 0 radical (unpaired) electrons. The van der Waals surface area contributed by atoms with Gasteiger partial charge in [0.2, 0.25) is 5.91 Å². The average Bonchev–Trinajstić information content (AvgIpc) is 3.15. The molecule has 12 nitrogen and oxygen atoms in total. The summed E-state index contributed by atoms with van der Waals surface area (Å²) in [5.74, 6) is -0.541. The van der Waals surface area contributed by atoms with Crippen LogP contribution < -0.4 is 30.3 Å². The maximum absolute atomic E-state index is 12.9. The van der Waals surface area contributed by atoms with Crippen molar-refractivity contribution in [3.63, 3.8) is 0 Å². The monoisotopic (exact) mass is 481 g/mol. The Balaban J connectivity index is 2.00. The van der Waals surface area contributed by atoms with Gasteiger partial charge < -0.3 is 30.2 Å². The number of aryl methyl sites for hydroxylation is 1. The van der Waals surface area contributed by atoms with Crippen LogP contribution in [0.25, 0.3) is 11.3 Å². The second kappa shape index (κ2) is 9.97. The highest BCUT2D eigenvalue weighted by Gasteiger charge is 2.30. The largest absolute Gasteiger partial charge is 0.539 e. The van der Waals surface area contributed by atoms with Crippen molar-refractivity contribution >= 4 is 29.2 Å². The summed E-state index contributed by atoms with van der Waals surface area (Å²) in [6, 6.07) is 8.76. The summed E-state index contributed by atoms with van der Waals surface area (Å²) in [5.41, 5.74) is 5.87. The number of rotatable bonds is 7. The molecule has 0 spiro atoms. The van der Waals surface area contributed by atoms with Crippen molar-refractivity contribution in [1.29, 1.82) is 10.5 Å². The Labute approximate surface area is 198 Å². The molecule has 13 heteroatoms. The van der Waals surface area contributed by atoms with E-state index in [0.29, 0.717) is 17.2 Å². The van der Waals surface area contributed by atoms with Gasteiger partial charge in [0, 0.05) is 6.07 Å². The van der Waals surface area contributed by atoms with E-state index in [-0.39, 0.29) is 33.2 Å². The highest BCUT2D eigenvalue weighted by Crippen LogP contribution is 2.38. The number of nitriles is 2. The number of nitrogen functional groups attached to an aromatic ring is 1. The van der Waals surface area contributed by atoms with E-state index in [1.54, 1.807) is 25.1 Å². The average molecular weight is 481 g/mol. The van der Waals surface area contributed by atoms with Gasteiger partial charge in [0.15, 0.2) is 13.0 Å². The molecule has 0 aliphatic heterocycles. The fraction of sp³-hybridized carbons (Fsp3) is 0.238. The lowest BCUT2D eigenvalue weighted by molar-refractivity contribution is -0.730. The summed E-state index contributed by atoms with van der Waals surface area (Å²) in [7, 11) is 4.38. The SMILES string of the molecule is COc1ccc(OC)c(NC(=O)C(C)Sc2nc(N)c(C#N)c(-c3c([O-])on[n+]3C)c2C#N)c1. The van der Waals surface area contributed by atoms with Gasteiger partial charge >= 0.3 is 0 Å². The summed E-state index contributed by atoms with van der Waals surface area (Å²) >= 11 is 0.933. The second-order valence-electron chi connectivity index (χ2n) is 6.80. The lowest BCUT2D eigenvalue weighted by Crippen LogP contribution is -2.32. The number of anilines is 2. The van der Waals surface area contributed by atoms with Crippen molar-refractivity contribution in [1.82, 2.24) is 10.3 Å². The van der Waals surface area contributed by atoms with Crippen LogP contribution >= 0.6 is 11.8 Å². The molecule has 34 heavy (non-hydrogen) atoms. The van der Waals surface area contributed by atoms with Gasteiger partial charge in [0.1, 0.15) is 40.0 Å². The van der Waals surface area contributed by atoms with E-state index < -0.39 is 17.1 Å². The number of hydrogen-bond acceptors (Lipinski definition) is 11. The standard InChI is InChI=1S/C21H19N7O5S/c1-10(19(29)25-14-7-11(31-3)5-6-15(14)32-4)34-20-13(9-23)16(12(8-22)18(24)26-20)17-21(30)33-27-28(17)2/h5-7,10H,1-4H3,(H3-,24,25,26,27,29,30). The summed E-state index contributed by atoms with van der Waals surface area (Å²) in [6.07, 6.45) is 0. The number of pyridine rings is 1. The van der Waals surface area contributed by atoms with E-state index in [9.17, 15) is 20.4 Å². The third-order valence-corrected chi connectivity index (χ3v) is 5.82. The molecule has 0 aliphatic rings. The lowest BCUT2D eigenvalue weighted by Gasteiger charge is -2.16. The molecule has 1 unspecified atom stereocenters. The molecule has 0 bridgehead atoms. The van der Waals surface area contributed by atoms with Crippen molar-refractivity contribution < 1.29 is 28.6 Å². The third kappa shape index (κ3) is 4.51. The van der Waals surface area contributed by atoms with Crippen molar-refractivity contribution in [2.45, 2.75) is 17.2 Å². The minimum absolute atomic E-state index is 0.0594. The number of methoxy groups -OCH3 is 2.